The van der Waals surface area contributed by atoms with Crippen LogP contribution in [0, 0.1) is 5.82 Å². The lowest BCUT2D eigenvalue weighted by Gasteiger charge is -2.05. The number of benzene rings is 2. The first-order valence-corrected chi connectivity index (χ1v) is 5.74. The van der Waals surface area contributed by atoms with E-state index in [2.05, 4.69) is 4.98 Å². The Labute approximate surface area is 108 Å². The SMILES string of the molecule is COc1ccc2[nH]c(=O)n(-c3ccccc3F)c2c1. The third kappa shape index (κ3) is 1.79. The molecule has 0 bridgehead atoms. The Morgan fingerprint density at radius 1 is 1.21 bits per heavy atom. The topological polar surface area (TPSA) is 47.0 Å². The predicted octanol–water partition coefficient (Wildman–Crippen LogP) is 2.47. The molecule has 0 fully saturated rings. The second kappa shape index (κ2) is 4.28. The first kappa shape index (κ1) is 11.5. The average molecular weight is 258 g/mol. The van der Waals surface area contributed by atoms with Gasteiger partial charge in [0.15, 0.2) is 0 Å². The molecular formula is C14H11FN2O2. The number of fused-ring (bicyclic) bond motifs is 1. The van der Waals surface area contributed by atoms with Gasteiger partial charge in [0.05, 0.1) is 23.8 Å². The second-order valence-corrected chi connectivity index (χ2v) is 4.10. The molecule has 0 unspecified atom stereocenters. The Morgan fingerprint density at radius 2 is 2.00 bits per heavy atom. The van der Waals surface area contributed by atoms with Gasteiger partial charge in [-0.15, -0.1) is 0 Å². The molecule has 0 spiro atoms. The number of H-pyrrole nitrogens is 1. The van der Waals surface area contributed by atoms with Gasteiger partial charge in [-0.3, -0.25) is 4.57 Å². The van der Waals surface area contributed by atoms with Gasteiger partial charge in [0.1, 0.15) is 11.6 Å². The van der Waals surface area contributed by atoms with Gasteiger partial charge >= 0.3 is 5.69 Å². The molecule has 1 aromatic heterocycles. The van der Waals surface area contributed by atoms with Gasteiger partial charge in [0, 0.05) is 6.07 Å². The number of aromatic nitrogens is 2. The summed E-state index contributed by atoms with van der Waals surface area (Å²) in [7, 11) is 1.54. The summed E-state index contributed by atoms with van der Waals surface area (Å²) in [6, 6.07) is 11.3. The van der Waals surface area contributed by atoms with E-state index >= 15 is 0 Å². The lowest BCUT2D eigenvalue weighted by atomic mass is 10.2. The van der Waals surface area contributed by atoms with Crippen LogP contribution < -0.4 is 10.4 Å². The molecule has 3 aromatic rings. The first-order chi connectivity index (χ1) is 9.20. The first-order valence-electron chi connectivity index (χ1n) is 5.74. The zero-order chi connectivity index (χ0) is 13.4. The van der Waals surface area contributed by atoms with Crippen molar-refractivity contribution in [2.45, 2.75) is 0 Å². The monoisotopic (exact) mass is 258 g/mol. The molecule has 0 aliphatic heterocycles. The molecule has 0 amide bonds. The number of ether oxygens (including phenoxy) is 1. The van der Waals surface area contributed by atoms with Gasteiger partial charge in [-0.1, -0.05) is 12.1 Å². The standard InChI is InChI=1S/C14H11FN2O2/c1-19-9-6-7-11-13(8-9)17(14(18)16-11)12-5-3-2-4-10(12)15/h2-8H,1H3,(H,16,18). The third-order valence-corrected chi connectivity index (χ3v) is 2.98. The van der Waals surface area contributed by atoms with Crippen LogP contribution in [0.15, 0.2) is 47.3 Å². The Bertz CT molecular complexity index is 805. The number of rotatable bonds is 2. The van der Waals surface area contributed by atoms with Gasteiger partial charge in [-0.2, -0.15) is 0 Å². The van der Waals surface area contributed by atoms with Crippen molar-refractivity contribution in [2.75, 3.05) is 7.11 Å². The Kier molecular flexibility index (Phi) is 2.59. The number of para-hydroxylation sites is 1. The van der Waals surface area contributed by atoms with E-state index in [1.165, 1.54) is 10.6 Å². The van der Waals surface area contributed by atoms with E-state index in [0.717, 1.165) is 0 Å². The fraction of sp³-hybridized carbons (Fsp3) is 0.0714. The van der Waals surface area contributed by atoms with Crippen molar-refractivity contribution in [2.24, 2.45) is 0 Å². The van der Waals surface area contributed by atoms with Crippen LogP contribution in [0.5, 0.6) is 5.75 Å². The van der Waals surface area contributed by atoms with E-state index < -0.39 is 5.82 Å². The molecule has 0 aliphatic carbocycles. The van der Waals surface area contributed by atoms with Crippen LogP contribution in [0.1, 0.15) is 0 Å². The number of hydrogen-bond acceptors (Lipinski definition) is 2. The third-order valence-electron chi connectivity index (χ3n) is 2.98. The molecule has 0 saturated carbocycles. The van der Waals surface area contributed by atoms with Crippen LogP contribution in [-0.4, -0.2) is 16.7 Å². The summed E-state index contributed by atoms with van der Waals surface area (Å²) in [6.45, 7) is 0. The highest BCUT2D eigenvalue weighted by atomic mass is 19.1. The largest absolute Gasteiger partial charge is 0.497 e. The van der Waals surface area contributed by atoms with Gasteiger partial charge in [-0.25, -0.2) is 9.18 Å². The van der Waals surface area contributed by atoms with Crippen molar-refractivity contribution < 1.29 is 9.13 Å². The maximum Gasteiger partial charge on any atom is 0.331 e. The molecule has 0 atom stereocenters. The molecule has 5 heteroatoms. The van der Waals surface area contributed by atoms with Crippen LogP contribution in [0.4, 0.5) is 4.39 Å². The minimum atomic E-state index is -0.451. The molecule has 96 valence electrons. The maximum absolute atomic E-state index is 13.8. The Morgan fingerprint density at radius 3 is 2.74 bits per heavy atom. The number of hydrogen-bond donors (Lipinski definition) is 1. The van der Waals surface area contributed by atoms with Gasteiger partial charge in [-0.05, 0) is 24.3 Å². The van der Waals surface area contributed by atoms with Crippen molar-refractivity contribution in [3.05, 3.63) is 58.8 Å². The number of halogens is 1. The molecule has 1 heterocycles. The molecule has 0 radical (unpaired) electrons. The maximum atomic E-state index is 13.8. The van der Waals surface area contributed by atoms with Gasteiger partial charge in [0.25, 0.3) is 0 Å². The van der Waals surface area contributed by atoms with Crippen molar-refractivity contribution in [1.82, 2.24) is 9.55 Å². The summed E-state index contributed by atoms with van der Waals surface area (Å²) < 4.78 is 20.3. The highest BCUT2D eigenvalue weighted by Gasteiger charge is 2.12. The predicted molar refractivity (Wildman–Crippen MR) is 70.4 cm³/mol. The number of aromatic amines is 1. The van der Waals surface area contributed by atoms with E-state index in [4.69, 9.17) is 4.74 Å². The lowest BCUT2D eigenvalue weighted by molar-refractivity contribution is 0.415. The molecule has 0 aliphatic rings. The van der Waals surface area contributed by atoms with Crippen LogP contribution >= 0.6 is 0 Å². The van der Waals surface area contributed by atoms with Crippen molar-refractivity contribution in [1.29, 1.82) is 0 Å². The zero-order valence-electron chi connectivity index (χ0n) is 10.2. The number of methoxy groups -OCH3 is 1. The molecule has 19 heavy (non-hydrogen) atoms. The summed E-state index contributed by atoms with van der Waals surface area (Å²) >= 11 is 0. The number of imidazole rings is 1. The van der Waals surface area contributed by atoms with Gasteiger partial charge < -0.3 is 9.72 Å². The van der Waals surface area contributed by atoms with E-state index in [1.807, 2.05) is 0 Å². The summed E-state index contributed by atoms with van der Waals surface area (Å²) in [5, 5.41) is 0. The second-order valence-electron chi connectivity index (χ2n) is 4.10. The van der Waals surface area contributed by atoms with Gasteiger partial charge in [0.2, 0.25) is 0 Å². The normalized spacial score (nSPS) is 10.8. The molecule has 1 N–H and O–H groups in total. The molecule has 4 nitrogen and oxygen atoms in total. The minimum absolute atomic E-state index is 0.215. The Hall–Kier alpha value is -2.56. The van der Waals surface area contributed by atoms with E-state index in [1.54, 1.807) is 43.5 Å². The van der Waals surface area contributed by atoms with E-state index in [-0.39, 0.29) is 11.4 Å². The molecular weight excluding hydrogens is 247 g/mol. The average Bonchev–Trinajstić information content (AvgIpc) is 2.74. The van der Waals surface area contributed by atoms with Crippen LogP contribution in [0.3, 0.4) is 0 Å². The summed E-state index contributed by atoms with van der Waals surface area (Å²) in [5.41, 5.74) is 1.05. The quantitative estimate of drug-likeness (QED) is 0.767. The highest BCUT2D eigenvalue weighted by Crippen LogP contribution is 2.22. The van der Waals surface area contributed by atoms with Crippen molar-refractivity contribution >= 4 is 11.0 Å². The fourth-order valence-electron chi connectivity index (χ4n) is 2.08. The summed E-state index contributed by atoms with van der Waals surface area (Å²) in [6.07, 6.45) is 0. The molecule has 0 saturated heterocycles. The minimum Gasteiger partial charge on any atom is -0.497 e. The van der Waals surface area contributed by atoms with Crippen molar-refractivity contribution in [3.63, 3.8) is 0 Å². The summed E-state index contributed by atoms with van der Waals surface area (Å²) in [4.78, 5) is 14.7. The molecule has 2 aromatic carbocycles. The van der Waals surface area contributed by atoms with Crippen LogP contribution in [-0.2, 0) is 0 Å². The van der Waals surface area contributed by atoms with Crippen LogP contribution in [0.2, 0.25) is 0 Å². The lowest BCUT2D eigenvalue weighted by Crippen LogP contribution is -2.15. The summed E-state index contributed by atoms with van der Waals surface area (Å²) in [5.74, 6) is 0.157. The van der Waals surface area contributed by atoms with E-state index in [0.29, 0.717) is 16.8 Å². The van der Waals surface area contributed by atoms with Crippen LogP contribution in [0.25, 0.3) is 16.7 Å². The Balaban J connectivity index is 2.37. The smallest absolute Gasteiger partial charge is 0.331 e. The number of nitrogens with one attached hydrogen (secondary N) is 1. The highest BCUT2D eigenvalue weighted by molar-refractivity contribution is 5.79. The zero-order valence-corrected chi connectivity index (χ0v) is 10.2. The van der Waals surface area contributed by atoms with E-state index in [9.17, 15) is 9.18 Å². The fourth-order valence-corrected chi connectivity index (χ4v) is 2.08. The number of nitrogens with zero attached hydrogens (tertiary/aromatic N) is 1. The molecule has 3 rings (SSSR count). The van der Waals surface area contributed by atoms with Crippen molar-refractivity contribution in [3.8, 4) is 11.4 Å².